The lowest BCUT2D eigenvalue weighted by Gasteiger charge is -2.20. The molecule has 0 aliphatic heterocycles. The van der Waals surface area contributed by atoms with Crippen LogP contribution in [0.4, 0.5) is 0 Å². The Kier molecular flexibility index (Phi) is 6.04. The SMILES string of the molecule is CC=CCCCC(CC)c1ccc2ccccc2c1CC. The zero-order chi connectivity index (χ0) is 15.1. The summed E-state index contributed by atoms with van der Waals surface area (Å²) in [6, 6.07) is 13.5. The number of hydrogen-bond acceptors (Lipinski definition) is 0. The minimum absolute atomic E-state index is 0.704. The van der Waals surface area contributed by atoms with Crippen LogP contribution in [0.2, 0.25) is 0 Å². The lowest BCUT2D eigenvalue weighted by molar-refractivity contribution is 0.576. The molecule has 0 spiro atoms. The molecular formula is C21H28. The van der Waals surface area contributed by atoms with Crippen LogP contribution in [0.3, 0.4) is 0 Å². The maximum Gasteiger partial charge on any atom is -0.0149 e. The molecular weight excluding hydrogens is 252 g/mol. The number of hydrogen-bond donors (Lipinski definition) is 0. The normalized spacial score (nSPS) is 13.1. The van der Waals surface area contributed by atoms with E-state index in [0.717, 1.165) is 6.42 Å². The Hall–Kier alpha value is -1.56. The second-order valence-electron chi connectivity index (χ2n) is 5.81. The zero-order valence-corrected chi connectivity index (χ0v) is 13.7. The minimum atomic E-state index is 0.704. The number of rotatable bonds is 7. The van der Waals surface area contributed by atoms with Gasteiger partial charge >= 0.3 is 0 Å². The Labute approximate surface area is 129 Å². The predicted molar refractivity (Wildman–Crippen MR) is 95.0 cm³/mol. The molecule has 112 valence electrons. The Balaban J connectivity index is 2.29. The van der Waals surface area contributed by atoms with E-state index in [0.29, 0.717) is 5.92 Å². The van der Waals surface area contributed by atoms with Gasteiger partial charge in [-0.15, -0.1) is 0 Å². The topological polar surface area (TPSA) is 0 Å². The highest BCUT2D eigenvalue weighted by Gasteiger charge is 2.14. The quantitative estimate of drug-likeness (QED) is 0.394. The standard InChI is InChI=1S/C21H28/c1-4-7-8-9-12-17(5-2)21-16-15-18-13-10-11-14-20(18)19(21)6-3/h4,7,10-11,13-17H,5-6,8-9,12H2,1-3H3. The molecule has 0 aliphatic carbocycles. The van der Waals surface area contributed by atoms with Crippen molar-refractivity contribution in [1.29, 1.82) is 0 Å². The number of benzene rings is 2. The molecule has 0 bridgehead atoms. The third-order valence-corrected chi connectivity index (χ3v) is 4.52. The van der Waals surface area contributed by atoms with E-state index >= 15 is 0 Å². The molecule has 2 aromatic rings. The van der Waals surface area contributed by atoms with Crippen molar-refractivity contribution in [1.82, 2.24) is 0 Å². The van der Waals surface area contributed by atoms with E-state index in [1.807, 2.05) is 0 Å². The Bertz CT molecular complexity index is 592. The lowest BCUT2D eigenvalue weighted by Crippen LogP contribution is -2.02. The van der Waals surface area contributed by atoms with Crippen LogP contribution in [-0.2, 0) is 6.42 Å². The predicted octanol–water partition coefficient (Wildman–Crippen LogP) is 6.64. The van der Waals surface area contributed by atoms with Crippen molar-refractivity contribution in [2.75, 3.05) is 0 Å². The van der Waals surface area contributed by atoms with E-state index in [4.69, 9.17) is 0 Å². The Morgan fingerprint density at radius 3 is 2.57 bits per heavy atom. The maximum absolute atomic E-state index is 2.38. The van der Waals surface area contributed by atoms with Gasteiger partial charge in [0.1, 0.15) is 0 Å². The molecule has 0 aromatic heterocycles. The average molecular weight is 280 g/mol. The van der Waals surface area contributed by atoms with Gasteiger partial charge in [-0.2, -0.15) is 0 Å². The Morgan fingerprint density at radius 2 is 1.86 bits per heavy atom. The second-order valence-corrected chi connectivity index (χ2v) is 5.81. The molecule has 0 aliphatic rings. The van der Waals surface area contributed by atoms with Gasteiger partial charge in [-0.05, 0) is 66.8 Å². The number of unbranched alkanes of at least 4 members (excludes halogenated alkanes) is 1. The minimum Gasteiger partial charge on any atom is -0.0917 e. The lowest BCUT2D eigenvalue weighted by atomic mass is 9.85. The highest BCUT2D eigenvalue weighted by Crippen LogP contribution is 2.33. The second kappa shape index (κ2) is 8.02. The van der Waals surface area contributed by atoms with Gasteiger partial charge in [0.15, 0.2) is 0 Å². The summed E-state index contributed by atoms with van der Waals surface area (Å²) >= 11 is 0. The summed E-state index contributed by atoms with van der Waals surface area (Å²) < 4.78 is 0. The molecule has 0 amide bonds. The van der Waals surface area contributed by atoms with Crippen LogP contribution in [0.1, 0.15) is 63.5 Å². The smallest absolute Gasteiger partial charge is 0.0149 e. The fourth-order valence-electron chi connectivity index (χ4n) is 3.36. The average Bonchev–Trinajstić information content (AvgIpc) is 2.54. The van der Waals surface area contributed by atoms with E-state index in [1.165, 1.54) is 36.5 Å². The molecule has 0 saturated carbocycles. The van der Waals surface area contributed by atoms with Gasteiger partial charge in [0.05, 0.1) is 0 Å². The third-order valence-electron chi connectivity index (χ3n) is 4.52. The highest BCUT2D eigenvalue weighted by atomic mass is 14.2. The van der Waals surface area contributed by atoms with Crippen molar-refractivity contribution in [2.45, 2.75) is 58.8 Å². The molecule has 0 radical (unpaired) electrons. The van der Waals surface area contributed by atoms with E-state index < -0.39 is 0 Å². The third kappa shape index (κ3) is 3.75. The van der Waals surface area contributed by atoms with Crippen molar-refractivity contribution in [3.05, 3.63) is 59.7 Å². The summed E-state index contributed by atoms with van der Waals surface area (Å²) in [5.41, 5.74) is 3.14. The first-order chi connectivity index (χ1) is 10.3. The first-order valence-corrected chi connectivity index (χ1v) is 8.43. The fourth-order valence-corrected chi connectivity index (χ4v) is 3.36. The van der Waals surface area contributed by atoms with Gasteiger partial charge in [-0.1, -0.05) is 62.4 Å². The van der Waals surface area contributed by atoms with E-state index in [9.17, 15) is 0 Å². The summed E-state index contributed by atoms with van der Waals surface area (Å²) in [6.07, 6.45) is 10.6. The van der Waals surface area contributed by atoms with Crippen LogP contribution in [0.5, 0.6) is 0 Å². The first-order valence-electron chi connectivity index (χ1n) is 8.43. The first kappa shape index (κ1) is 15.8. The molecule has 2 rings (SSSR count). The van der Waals surface area contributed by atoms with Crippen molar-refractivity contribution in [3.8, 4) is 0 Å². The van der Waals surface area contributed by atoms with E-state index in [1.54, 1.807) is 11.1 Å². The van der Waals surface area contributed by atoms with Gasteiger partial charge in [-0.25, -0.2) is 0 Å². The van der Waals surface area contributed by atoms with E-state index in [-0.39, 0.29) is 0 Å². The van der Waals surface area contributed by atoms with Crippen molar-refractivity contribution < 1.29 is 0 Å². The van der Waals surface area contributed by atoms with Crippen LogP contribution < -0.4 is 0 Å². The van der Waals surface area contributed by atoms with E-state index in [2.05, 4.69) is 69.3 Å². The molecule has 0 nitrogen and oxygen atoms in total. The molecule has 1 atom stereocenters. The number of aryl methyl sites for hydroxylation is 1. The van der Waals surface area contributed by atoms with Crippen LogP contribution in [0.15, 0.2) is 48.6 Å². The molecule has 1 unspecified atom stereocenters. The van der Waals surface area contributed by atoms with Crippen molar-refractivity contribution in [3.63, 3.8) is 0 Å². The molecule has 0 saturated heterocycles. The number of fused-ring (bicyclic) bond motifs is 1. The molecule has 21 heavy (non-hydrogen) atoms. The Morgan fingerprint density at radius 1 is 1.05 bits per heavy atom. The van der Waals surface area contributed by atoms with Gasteiger partial charge in [0.25, 0.3) is 0 Å². The van der Waals surface area contributed by atoms with Gasteiger partial charge in [0, 0.05) is 0 Å². The van der Waals surface area contributed by atoms with Gasteiger partial charge in [-0.3, -0.25) is 0 Å². The summed E-state index contributed by atoms with van der Waals surface area (Å²) in [5, 5.41) is 2.83. The van der Waals surface area contributed by atoms with Gasteiger partial charge < -0.3 is 0 Å². The van der Waals surface area contributed by atoms with Gasteiger partial charge in [0.2, 0.25) is 0 Å². The molecule has 0 fully saturated rings. The summed E-state index contributed by atoms with van der Waals surface area (Å²) in [4.78, 5) is 0. The monoisotopic (exact) mass is 280 g/mol. The molecule has 0 heterocycles. The zero-order valence-electron chi connectivity index (χ0n) is 13.7. The van der Waals surface area contributed by atoms with Crippen LogP contribution in [-0.4, -0.2) is 0 Å². The molecule has 0 heteroatoms. The van der Waals surface area contributed by atoms with Crippen molar-refractivity contribution >= 4 is 10.8 Å². The van der Waals surface area contributed by atoms with Crippen LogP contribution in [0, 0.1) is 0 Å². The summed E-state index contributed by atoms with van der Waals surface area (Å²) in [6.45, 7) is 6.72. The molecule has 2 aromatic carbocycles. The van der Waals surface area contributed by atoms with Crippen molar-refractivity contribution in [2.24, 2.45) is 0 Å². The summed E-state index contributed by atoms with van der Waals surface area (Å²) in [7, 11) is 0. The largest absolute Gasteiger partial charge is 0.0917 e. The van der Waals surface area contributed by atoms with Crippen LogP contribution >= 0.6 is 0 Å². The molecule has 0 N–H and O–H groups in total. The summed E-state index contributed by atoms with van der Waals surface area (Å²) in [5.74, 6) is 0.704. The highest BCUT2D eigenvalue weighted by molar-refractivity contribution is 5.87. The maximum atomic E-state index is 2.38. The fraction of sp³-hybridized carbons (Fsp3) is 0.429. The van der Waals surface area contributed by atoms with Crippen LogP contribution in [0.25, 0.3) is 10.8 Å². The number of allylic oxidation sites excluding steroid dienone is 2.